The fourth-order valence-corrected chi connectivity index (χ4v) is 12.1. The molecule has 2 saturated heterocycles. The molecule has 2 fully saturated rings. The number of nitrogens with zero attached hydrogens (tertiary/aromatic N) is 2. The van der Waals surface area contributed by atoms with Gasteiger partial charge in [-0.15, -0.1) is 0 Å². The Hall–Kier alpha value is -7.88. The van der Waals surface area contributed by atoms with Crippen LogP contribution in [0.15, 0.2) is 73.1 Å². The molecule has 0 spiro atoms. The number of likely N-dealkylation sites (tertiary alicyclic amines) is 2. The number of carboxylic acid groups (broad SMARTS) is 1. The van der Waals surface area contributed by atoms with Gasteiger partial charge in [0.15, 0.2) is 0 Å². The highest BCUT2D eigenvalue weighted by molar-refractivity contribution is 7.98. The number of rotatable bonds is 28. The minimum atomic E-state index is -1.38. The molecule has 456 valence electrons. The van der Waals surface area contributed by atoms with E-state index in [2.05, 4.69) is 47.2 Å². The second kappa shape index (κ2) is 30.3. The summed E-state index contributed by atoms with van der Waals surface area (Å²) in [6.45, 7) is 4.05. The molecule has 0 radical (unpaired) electrons. The third-order valence-corrected chi connectivity index (χ3v) is 17.1. The Labute approximate surface area is 497 Å². The van der Waals surface area contributed by atoms with Crippen molar-refractivity contribution in [2.75, 3.05) is 38.2 Å². The van der Waals surface area contributed by atoms with E-state index in [1.165, 1.54) is 53.9 Å². The van der Waals surface area contributed by atoms with Crippen LogP contribution in [0.25, 0.3) is 21.8 Å². The highest BCUT2D eigenvalue weighted by atomic mass is 32.2. The number of carbonyl (C=O) groups is 10. The summed E-state index contributed by atoms with van der Waals surface area (Å²) in [4.78, 5) is 139. The second-order valence-corrected chi connectivity index (χ2v) is 23.7. The predicted molar refractivity (Wildman–Crippen MR) is 317 cm³/mol. The van der Waals surface area contributed by atoms with E-state index in [1.807, 2.05) is 24.3 Å². The highest BCUT2D eigenvalue weighted by Crippen LogP contribution is 2.30. The minimum Gasteiger partial charge on any atom is -0.481 e. The van der Waals surface area contributed by atoms with Crippen LogP contribution in [0, 0.1) is 11.6 Å². The van der Waals surface area contributed by atoms with Crippen molar-refractivity contribution in [2.45, 2.75) is 125 Å². The van der Waals surface area contributed by atoms with Crippen molar-refractivity contribution in [3.8, 4) is 0 Å². The number of aldehydes is 1. The Bertz CT molecular complexity index is 3260. The Morgan fingerprint density at radius 1 is 0.788 bits per heavy atom. The average Bonchev–Trinajstić information content (AvgIpc) is 3.81. The van der Waals surface area contributed by atoms with E-state index in [4.69, 9.17) is 10.8 Å². The molecule has 0 saturated carbocycles. The van der Waals surface area contributed by atoms with Crippen molar-refractivity contribution in [3.05, 3.63) is 107 Å². The van der Waals surface area contributed by atoms with Gasteiger partial charge in [0.2, 0.25) is 29.5 Å². The van der Waals surface area contributed by atoms with E-state index in [0.29, 0.717) is 94.6 Å². The predicted octanol–water partition coefficient (Wildman–Crippen LogP) is 3.63. The Morgan fingerprint density at radius 3 is 2.01 bits per heavy atom. The number of imide groups is 2. The van der Waals surface area contributed by atoms with Gasteiger partial charge in [-0.05, 0) is 112 Å². The van der Waals surface area contributed by atoms with Crippen LogP contribution < -0.4 is 43.0 Å². The number of hydrogen-bond donors (Lipinski definition) is 11. The fourth-order valence-electron chi connectivity index (χ4n) is 10.3. The molecule has 12 N–H and O–H groups in total. The molecule has 0 bridgehead atoms. The number of hydrogen-bond acceptors (Lipinski definition) is 14. The van der Waals surface area contributed by atoms with E-state index in [9.17, 15) is 56.7 Å². The number of aromatic nitrogens is 2. The van der Waals surface area contributed by atoms with E-state index >= 15 is 0 Å². The first-order chi connectivity index (χ1) is 40.6. The van der Waals surface area contributed by atoms with Crippen molar-refractivity contribution in [1.29, 1.82) is 0 Å². The molecule has 7 atom stereocenters. The fraction of sp³-hybridized carbons (Fsp3) is 0.448. The topological polar surface area (TPSA) is 339 Å². The number of fused-ring (bicyclic) bond motifs is 2. The summed E-state index contributed by atoms with van der Waals surface area (Å²) >= 11 is 3.10. The van der Waals surface area contributed by atoms with Gasteiger partial charge in [-0.1, -0.05) is 24.3 Å². The summed E-state index contributed by atoms with van der Waals surface area (Å²) in [6, 6.07) is 8.65. The van der Waals surface area contributed by atoms with Crippen molar-refractivity contribution in [2.24, 2.45) is 5.73 Å². The molecule has 10 amide bonds. The number of carboxylic acids is 1. The molecule has 3 aromatic carbocycles. The summed E-state index contributed by atoms with van der Waals surface area (Å²) in [5, 5.41) is 27.9. The van der Waals surface area contributed by atoms with Crippen molar-refractivity contribution < 1.29 is 61.8 Å². The third-order valence-electron chi connectivity index (χ3n) is 15.0. The molecule has 2 aromatic heterocycles. The van der Waals surface area contributed by atoms with E-state index in [-0.39, 0.29) is 57.0 Å². The van der Waals surface area contributed by atoms with Crippen LogP contribution in [0.5, 0.6) is 0 Å². The molecular weight excluding hydrogens is 1140 g/mol. The Morgan fingerprint density at radius 2 is 1.41 bits per heavy atom. The minimum absolute atomic E-state index is 0.0140. The Kier molecular flexibility index (Phi) is 23.0. The zero-order valence-electron chi connectivity index (χ0n) is 47.4. The summed E-state index contributed by atoms with van der Waals surface area (Å²) in [5.74, 6) is -3.56. The van der Waals surface area contributed by atoms with Gasteiger partial charge in [-0.3, -0.25) is 49.1 Å². The number of nitrogens with one attached hydrogen (secondary N) is 9. The molecule has 4 heterocycles. The number of amides is 10. The number of aliphatic carboxylic acids is 1. The number of halogens is 2. The molecule has 23 nitrogen and oxygen atoms in total. The van der Waals surface area contributed by atoms with Crippen LogP contribution in [0.1, 0.15) is 81.0 Å². The molecular formula is C58H72F2N12O11S2. The molecule has 2 aliphatic heterocycles. The van der Waals surface area contributed by atoms with Crippen LogP contribution in [0.2, 0.25) is 0 Å². The van der Waals surface area contributed by atoms with Crippen LogP contribution >= 0.6 is 23.5 Å². The molecule has 0 aliphatic carbocycles. The van der Waals surface area contributed by atoms with E-state index < -0.39 is 95.0 Å². The molecule has 0 unspecified atom stereocenters. The maximum Gasteiger partial charge on any atom is 0.324 e. The smallest absolute Gasteiger partial charge is 0.324 e. The maximum atomic E-state index is 14.3. The van der Waals surface area contributed by atoms with Crippen molar-refractivity contribution in [3.63, 3.8) is 0 Å². The first kappa shape index (κ1) is 64.7. The molecule has 85 heavy (non-hydrogen) atoms. The number of H-pyrrole nitrogens is 2. The lowest BCUT2D eigenvalue weighted by Gasteiger charge is -2.34. The van der Waals surface area contributed by atoms with Gasteiger partial charge in [0.1, 0.15) is 41.6 Å². The number of urea groups is 2. The van der Waals surface area contributed by atoms with Gasteiger partial charge in [0, 0.05) is 109 Å². The number of thioether (sulfide) groups is 2. The SMILES string of the molecule is C[C@H](NC(=O)CCSCc1ccc(CSCCNC(=O)[C@]2(C)CCCN2C(=O)NC(=O)[C@H](CCCC(=O)O)NC(=O)[C@@H]2C[C@H](N)CN2C)cc1)C(=O)NC(=O)N[C@@H](Cc1c[nH]c2ccc(F)cc12)C(=O)N[C@H](C=O)Cc1c[nH]c2ccc(F)cc12. The summed E-state index contributed by atoms with van der Waals surface area (Å²) in [5.41, 5.74) is 9.04. The normalized spacial score (nSPS) is 18.2. The van der Waals surface area contributed by atoms with Crippen molar-refractivity contribution in [1.82, 2.24) is 57.0 Å². The largest absolute Gasteiger partial charge is 0.481 e. The third kappa shape index (κ3) is 18.1. The first-order valence-electron chi connectivity index (χ1n) is 27.9. The summed E-state index contributed by atoms with van der Waals surface area (Å²) in [6.07, 6.45) is 4.62. The first-order valence-corrected chi connectivity index (χ1v) is 30.2. The number of benzene rings is 3. The highest BCUT2D eigenvalue weighted by Gasteiger charge is 2.46. The molecule has 7 rings (SSSR count). The standard InChI is InChI=1S/C58H72F2N12O11S2/c1-33(51(77)69-56(82)68-47(23-37-28-64-45-15-13-39(60)25-43(37)45)53(79)66-41(30-73)22-36-27-63-44-14-12-38(59)24-42(36)44)65-49(74)16-20-84-31-34-8-10-35(11-9-34)32-85-21-18-62-55(81)58(2)17-5-19-72(58)57(83)70-52(78)46(6-4-7-50(75)76)67-54(80)48-26-40(61)29-71(48)3/h8-15,24-25,27-28,30,33,40-41,46-48,63-64H,4-7,16-23,26,29,31-32,61H2,1-3H3,(H,62,81)(H,65,74)(H,66,79)(H,67,80)(H,75,76)(H,70,78,83)(H2,68,69,77,82)/t33-,40-,41-,46-,47-,48-,58-/m0/s1. The lowest BCUT2D eigenvalue weighted by Crippen LogP contribution is -2.60. The van der Waals surface area contributed by atoms with Crippen LogP contribution in [0.4, 0.5) is 18.4 Å². The molecule has 2 aliphatic rings. The van der Waals surface area contributed by atoms with Crippen molar-refractivity contribution >= 4 is 105 Å². The summed E-state index contributed by atoms with van der Waals surface area (Å²) < 4.78 is 28.4. The number of carbonyl (C=O) groups excluding carboxylic acids is 9. The number of nitrogens with two attached hydrogens (primary N) is 1. The monoisotopic (exact) mass is 1210 g/mol. The second-order valence-electron chi connectivity index (χ2n) is 21.5. The number of likely N-dealkylation sites (N-methyl/N-ethyl adjacent to an activating group) is 1. The number of aromatic amines is 2. The maximum absolute atomic E-state index is 14.3. The average molecular weight is 1220 g/mol. The van der Waals surface area contributed by atoms with Gasteiger partial charge in [-0.25, -0.2) is 18.4 Å². The van der Waals surface area contributed by atoms with Gasteiger partial charge >= 0.3 is 18.0 Å². The zero-order chi connectivity index (χ0) is 61.4. The lowest BCUT2D eigenvalue weighted by atomic mass is 9.98. The molecule has 27 heteroatoms. The van der Waals surface area contributed by atoms with Gasteiger partial charge in [0.25, 0.3) is 5.91 Å². The lowest BCUT2D eigenvalue weighted by molar-refractivity contribution is -0.137. The molecule has 5 aromatic rings. The zero-order valence-corrected chi connectivity index (χ0v) is 49.0. The summed E-state index contributed by atoms with van der Waals surface area (Å²) in [7, 11) is 1.74. The Balaban J connectivity index is 0.798. The van der Waals surface area contributed by atoms with E-state index in [1.54, 1.807) is 49.1 Å². The van der Waals surface area contributed by atoms with E-state index in [0.717, 1.165) is 11.1 Å². The van der Waals surface area contributed by atoms with Gasteiger partial charge in [-0.2, -0.15) is 23.5 Å². The quantitative estimate of drug-likeness (QED) is 0.0252. The van der Waals surface area contributed by atoms with Gasteiger partial charge in [0.05, 0.1) is 12.1 Å². The van der Waals surface area contributed by atoms with Crippen LogP contribution in [0.3, 0.4) is 0 Å². The van der Waals surface area contributed by atoms with Crippen LogP contribution in [-0.4, -0.2) is 165 Å². The van der Waals surface area contributed by atoms with Gasteiger partial charge < -0.3 is 57.1 Å². The van der Waals surface area contributed by atoms with Crippen LogP contribution in [-0.2, 0) is 62.7 Å².